The highest BCUT2D eigenvalue weighted by Crippen LogP contribution is 2.30. The number of fused-ring (bicyclic) bond motifs is 1. The standard InChI is InChI=1S/C16H15N3O/c1-2-10-19(11-12-6-7-12)16(20)13-4-3-5-14-15(13)18-9-8-17-14/h1,3-5,8-9,12H,6-7,10-11H2. The van der Waals surface area contributed by atoms with Gasteiger partial charge in [0.25, 0.3) is 5.91 Å². The second-order valence-corrected chi connectivity index (χ2v) is 5.06. The summed E-state index contributed by atoms with van der Waals surface area (Å²) < 4.78 is 0. The average Bonchev–Trinajstić information content (AvgIpc) is 3.29. The van der Waals surface area contributed by atoms with Gasteiger partial charge in [0.05, 0.1) is 17.6 Å². The first kappa shape index (κ1) is 12.6. The lowest BCUT2D eigenvalue weighted by molar-refractivity contribution is 0.0771. The zero-order chi connectivity index (χ0) is 13.9. The summed E-state index contributed by atoms with van der Waals surface area (Å²) in [4.78, 5) is 22.9. The summed E-state index contributed by atoms with van der Waals surface area (Å²) >= 11 is 0. The zero-order valence-corrected chi connectivity index (χ0v) is 11.1. The van der Waals surface area contributed by atoms with Crippen LogP contribution in [0, 0.1) is 18.3 Å². The van der Waals surface area contributed by atoms with Crippen molar-refractivity contribution in [2.75, 3.05) is 13.1 Å². The molecule has 0 radical (unpaired) electrons. The van der Waals surface area contributed by atoms with E-state index in [9.17, 15) is 4.79 Å². The topological polar surface area (TPSA) is 46.1 Å². The van der Waals surface area contributed by atoms with Crippen molar-refractivity contribution in [3.8, 4) is 12.3 Å². The van der Waals surface area contributed by atoms with Gasteiger partial charge < -0.3 is 4.90 Å². The van der Waals surface area contributed by atoms with E-state index in [0.717, 1.165) is 12.1 Å². The van der Waals surface area contributed by atoms with Gasteiger partial charge in [0, 0.05) is 18.9 Å². The number of para-hydroxylation sites is 1. The Labute approximate surface area is 117 Å². The molecule has 2 aromatic rings. The molecule has 1 aromatic carbocycles. The van der Waals surface area contributed by atoms with E-state index in [-0.39, 0.29) is 5.91 Å². The van der Waals surface area contributed by atoms with Crippen LogP contribution in [0.5, 0.6) is 0 Å². The van der Waals surface area contributed by atoms with Crippen molar-refractivity contribution < 1.29 is 4.79 Å². The molecule has 3 rings (SSSR count). The van der Waals surface area contributed by atoms with Gasteiger partial charge in [-0.1, -0.05) is 12.0 Å². The molecule has 0 atom stereocenters. The lowest BCUT2D eigenvalue weighted by Crippen LogP contribution is -2.33. The fourth-order valence-corrected chi connectivity index (χ4v) is 2.28. The number of aromatic nitrogens is 2. The molecule has 1 saturated carbocycles. The van der Waals surface area contributed by atoms with Gasteiger partial charge >= 0.3 is 0 Å². The van der Waals surface area contributed by atoms with Crippen LogP contribution in [0.3, 0.4) is 0 Å². The first-order chi connectivity index (χ1) is 9.79. The van der Waals surface area contributed by atoms with E-state index in [1.165, 1.54) is 12.8 Å². The lowest BCUT2D eigenvalue weighted by Gasteiger charge is -2.20. The molecule has 100 valence electrons. The Morgan fingerprint density at radius 2 is 2.15 bits per heavy atom. The van der Waals surface area contributed by atoms with Gasteiger partial charge in [-0.2, -0.15) is 0 Å². The number of benzene rings is 1. The van der Waals surface area contributed by atoms with Crippen molar-refractivity contribution in [3.63, 3.8) is 0 Å². The van der Waals surface area contributed by atoms with E-state index < -0.39 is 0 Å². The summed E-state index contributed by atoms with van der Waals surface area (Å²) in [6, 6.07) is 5.47. The summed E-state index contributed by atoms with van der Waals surface area (Å²) in [5.41, 5.74) is 1.94. The van der Waals surface area contributed by atoms with Gasteiger partial charge in [0.1, 0.15) is 5.52 Å². The third-order valence-corrected chi connectivity index (χ3v) is 3.47. The Kier molecular flexibility index (Phi) is 3.34. The van der Waals surface area contributed by atoms with Crippen molar-refractivity contribution in [1.29, 1.82) is 0 Å². The summed E-state index contributed by atoms with van der Waals surface area (Å²) in [7, 11) is 0. The van der Waals surface area contributed by atoms with E-state index >= 15 is 0 Å². The molecule has 0 aliphatic heterocycles. The first-order valence-electron chi connectivity index (χ1n) is 6.72. The van der Waals surface area contributed by atoms with Crippen LogP contribution in [-0.2, 0) is 0 Å². The molecule has 4 heteroatoms. The van der Waals surface area contributed by atoms with E-state index in [0.29, 0.717) is 23.5 Å². The minimum atomic E-state index is -0.0547. The molecule has 0 N–H and O–H groups in total. The summed E-state index contributed by atoms with van der Waals surface area (Å²) in [6.07, 6.45) is 11.0. The second kappa shape index (κ2) is 5.30. The van der Waals surface area contributed by atoms with E-state index in [1.54, 1.807) is 23.4 Å². The lowest BCUT2D eigenvalue weighted by atomic mass is 10.1. The molecule has 0 bridgehead atoms. The van der Waals surface area contributed by atoms with Crippen LogP contribution in [0.15, 0.2) is 30.6 Å². The maximum Gasteiger partial charge on any atom is 0.256 e. The number of hydrogen-bond acceptors (Lipinski definition) is 3. The molecule has 1 fully saturated rings. The largest absolute Gasteiger partial charge is 0.327 e. The van der Waals surface area contributed by atoms with Crippen molar-refractivity contribution in [2.45, 2.75) is 12.8 Å². The highest BCUT2D eigenvalue weighted by atomic mass is 16.2. The van der Waals surface area contributed by atoms with E-state index in [1.807, 2.05) is 12.1 Å². The number of rotatable bonds is 4. The second-order valence-electron chi connectivity index (χ2n) is 5.06. The Morgan fingerprint density at radius 1 is 1.35 bits per heavy atom. The average molecular weight is 265 g/mol. The predicted molar refractivity (Wildman–Crippen MR) is 77.0 cm³/mol. The fourth-order valence-electron chi connectivity index (χ4n) is 2.28. The molecule has 1 aliphatic rings. The van der Waals surface area contributed by atoms with Crippen molar-refractivity contribution in [1.82, 2.24) is 14.9 Å². The van der Waals surface area contributed by atoms with Crippen LogP contribution in [0.4, 0.5) is 0 Å². The maximum atomic E-state index is 12.7. The maximum absolute atomic E-state index is 12.7. The van der Waals surface area contributed by atoms with Crippen LogP contribution in [0.1, 0.15) is 23.2 Å². The molecule has 0 unspecified atom stereocenters. The van der Waals surface area contributed by atoms with Crippen molar-refractivity contribution >= 4 is 16.9 Å². The highest BCUT2D eigenvalue weighted by Gasteiger charge is 2.27. The third-order valence-electron chi connectivity index (χ3n) is 3.47. The van der Waals surface area contributed by atoms with Crippen LogP contribution in [-0.4, -0.2) is 33.9 Å². The number of amides is 1. The minimum Gasteiger partial charge on any atom is -0.327 e. The molecule has 1 aliphatic carbocycles. The monoisotopic (exact) mass is 265 g/mol. The van der Waals surface area contributed by atoms with Gasteiger partial charge in [-0.05, 0) is 30.9 Å². The molecular weight excluding hydrogens is 250 g/mol. The molecular formula is C16H15N3O. The number of carbonyl (C=O) groups excluding carboxylic acids is 1. The molecule has 1 amide bonds. The quantitative estimate of drug-likeness (QED) is 0.795. The SMILES string of the molecule is C#CCN(CC1CC1)C(=O)c1cccc2nccnc12. The smallest absolute Gasteiger partial charge is 0.256 e. The van der Waals surface area contributed by atoms with Crippen molar-refractivity contribution in [3.05, 3.63) is 36.2 Å². The number of terminal acetylenes is 1. The molecule has 0 spiro atoms. The molecule has 0 saturated heterocycles. The summed E-state index contributed by atoms with van der Waals surface area (Å²) in [5.74, 6) is 3.12. The van der Waals surface area contributed by atoms with E-state index in [2.05, 4.69) is 15.9 Å². The van der Waals surface area contributed by atoms with Crippen LogP contribution < -0.4 is 0 Å². The van der Waals surface area contributed by atoms with Gasteiger partial charge in [-0.3, -0.25) is 14.8 Å². The Bertz CT molecular complexity index is 680. The summed E-state index contributed by atoms with van der Waals surface area (Å²) in [5, 5.41) is 0. The molecule has 1 aromatic heterocycles. The summed E-state index contributed by atoms with van der Waals surface area (Å²) in [6.45, 7) is 1.08. The van der Waals surface area contributed by atoms with Gasteiger partial charge in [0.15, 0.2) is 0 Å². The van der Waals surface area contributed by atoms with Crippen LogP contribution in [0.25, 0.3) is 11.0 Å². The number of carbonyl (C=O) groups is 1. The van der Waals surface area contributed by atoms with Crippen LogP contribution in [0.2, 0.25) is 0 Å². The highest BCUT2D eigenvalue weighted by molar-refractivity contribution is 6.04. The Balaban J connectivity index is 1.95. The van der Waals surface area contributed by atoms with Gasteiger partial charge in [-0.25, -0.2) is 0 Å². The number of hydrogen-bond donors (Lipinski definition) is 0. The zero-order valence-electron chi connectivity index (χ0n) is 11.1. The first-order valence-corrected chi connectivity index (χ1v) is 6.72. The van der Waals surface area contributed by atoms with Gasteiger partial charge in [0.2, 0.25) is 0 Å². The molecule has 4 nitrogen and oxygen atoms in total. The Morgan fingerprint density at radius 3 is 2.90 bits per heavy atom. The third kappa shape index (κ3) is 2.48. The fraction of sp³-hybridized carbons (Fsp3) is 0.312. The predicted octanol–water partition coefficient (Wildman–Crippen LogP) is 2.12. The van der Waals surface area contributed by atoms with E-state index in [4.69, 9.17) is 6.42 Å². The number of nitrogens with zero attached hydrogens (tertiary/aromatic N) is 3. The van der Waals surface area contributed by atoms with Crippen LogP contribution >= 0.6 is 0 Å². The Hall–Kier alpha value is -2.41. The molecule has 20 heavy (non-hydrogen) atoms. The minimum absolute atomic E-state index is 0.0547. The van der Waals surface area contributed by atoms with Crippen molar-refractivity contribution in [2.24, 2.45) is 5.92 Å². The normalized spacial score (nSPS) is 13.9. The van der Waals surface area contributed by atoms with Gasteiger partial charge in [-0.15, -0.1) is 6.42 Å². The molecule has 1 heterocycles.